The van der Waals surface area contributed by atoms with E-state index in [1.807, 2.05) is 12.1 Å². The average molecular weight is 455 g/mol. The number of ether oxygens (including phenoxy) is 2. The van der Waals surface area contributed by atoms with E-state index in [0.717, 1.165) is 34.2 Å². The van der Waals surface area contributed by atoms with Gasteiger partial charge in [-0.15, -0.1) is 0 Å². The lowest BCUT2D eigenvalue weighted by molar-refractivity contribution is -0.139. The van der Waals surface area contributed by atoms with Gasteiger partial charge in [0, 0.05) is 17.1 Å². The Kier molecular flexibility index (Phi) is 8.20. The SMILES string of the molecule is C=C(C)C(=O)OCC(CC)c1ccc(-c2ccc(-c3ccc(OC(=O)C(=C)C)cc3)cc2)cc1. The summed E-state index contributed by atoms with van der Waals surface area (Å²) in [6.45, 7) is 12.9. The van der Waals surface area contributed by atoms with Gasteiger partial charge in [0.2, 0.25) is 0 Å². The van der Waals surface area contributed by atoms with Gasteiger partial charge in [-0.2, -0.15) is 0 Å². The minimum absolute atomic E-state index is 0.150. The summed E-state index contributed by atoms with van der Waals surface area (Å²) in [6.07, 6.45) is 0.878. The predicted octanol–water partition coefficient (Wildman–Crippen LogP) is 7.12. The van der Waals surface area contributed by atoms with Gasteiger partial charge in [-0.25, -0.2) is 9.59 Å². The summed E-state index contributed by atoms with van der Waals surface area (Å²) >= 11 is 0. The Labute approximate surface area is 201 Å². The molecule has 1 unspecified atom stereocenters. The summed E-state index contributed by atoms with van der Waals surface area (Å²) in [5.41, 5.74) is 6.26. The second-order valence-corrected chi connectivity index (χ2v) is 8.38. The Hall–Kier alpha value is -3.92. The first kappa shape index (κ1) is 24.7. The summed E-state index contributed by atoms with van der Waals surface area (Å²) in [5.74, 6) is -0.135. The summed E-state index contributed by atoms with van der Waals surface area (Å²) in [7, 11) is 0. The summed E-state index contributed by atoms with van der Waals surface area (Å²) in [5, 5.41) is 0. The molecule has 1 atom stereocenters. The maximum atomic E-state index is 11.7. The van der Waals surface area contributed by atoms with Crippen molar-refractivity contribution in [3.8, 4) is 28.0 Å². The van der Waals surface area contributed by atoms with E-state index in [1.54, 1.807) is 26.0 Å². The Bertz CT molecular complexity index is 1170. The molecule has 34 heavy (non-hydrogen) atoms. The number of hydrogen-bond acceptors (Lipinski definition) is 4. The van der Waals surface area contributed by atoms with Gasteiger partial charge < -0.3 is 9.47 Å². The molecule has 0 saturated heterocycles. The molecule has 4 heteroatoms. The highest BCUT2D eigenvalue weighted by molar-refractivity contribution is 5.89. The van der Waals surface area contributed by atoms with Crippen molar-refractivity contribution in [3.63, 3.8) is 0 Å². The third kappa shape index (κ3) is 6.32. The van der Waals surface area contributed by atoms with Gasteiger partial charge in [0.1, 0.15) is 5.75 Å². The Morgan fingerprint density at radius 1 is 0.706 bits per heavy atom. The van der Waals surface area contributed by atoms with Crippen LogP contribution in [0.3, 0.4) is 0 Å². The normalized spacial score (nSPS) is 11.4. The van der Waals surface area contributed by atoms with Crippen molar-refractivity contribution in [3.05, 3.63) is 103 Å². The molecule has 0 heterocycles. The zero-order chi connectivity index (χ0) is 24.7. The van der Waals surface area contributed by atoms with Crippen molar-refractivity contribution in [1.82, 2.24) is 0 Å². The summed E-state index contributed by atoms with van der Waals surface area (Å²) < 4.78 is 10.6. The third-order valence-electron chi connectivity index (χ3n) is 5.60. The fraction of sp³-hybridized carbons (Fsp3) is 0.200. The second-order valence-electron chi connectivity index (χ2n) is 8.38. The van der Waals surface area contributed by atoms with Crippen LogP contribution in [-0.2, 0) is 14.3 Å². The quantitative estimate of drug-likeness (QED) is 0.196. The van der Waals surface area contributed by atoms with Gasteiger partial charge in [0.25, 0.3) is 0 Å². The molecule has 4 nitrogen and oxygen atoms in total. The number of carbonyl (C=O) groups is 2. The fourth-order valence-electron chi connectivity index (χ4n) is 3.46. The van der Waals surface area contributed by atoms with Crippen LogP contribution in [0, 0.1) is 0 Å². The number of hydrogen-bond donors (Lipinski definition) is 0. The Morgan fingerprint density at radius 2 is 1.12 bits per heavy atom. The van der Waals surface area contributed by atoms with Crippen molar-refractivity contribution in [2.45, 2.75) is 33.1 Å². The molecule has 0 bridgehead atoms. The molecule has 0 radical (unpaired) electrons. The van der Waals surface area contributed by atoms with E-state index in [9.17, 15) is 9.59 Å². The molecule has 0 aliphatic carbocycles. The first-order valence-corrected chi connectivity index (χ1v) is 11.3. The molecule has 0 aliphatic rings. The molecule has 0 aliphatic heterocycles. The van der Waals surface area contributed by atoms with Crippen molar-refractivity contribution in [2.24, 2.45) is 0 Å². The lowest BCUT2D eigenvalue weighted by Crippen LogP contribution is -2.12. The van der Waals surface area contributed by atoms with Crippen LogP contribution in [0.25, 0.3) is 22.3 Å². The molecule has 174 valence electrons. The smallest absolute Gasteiger partial charge is 0.338 e. The van der Waals surface area contributed by atoms with Crippen LogP contribution < -0.4 is 4.74 Å². The minimum Gasteiger partial charge on any atom is -0.462 e. The molecule has 3 rings (SSSR count). The van der Waals surface area contributed by atoms with E-state index < -0.39 is 5.97 Å². The predicted molar refractivity (Wildman–Crippen MR) is 137 cm³/mol. The van der Waals surface area contributed by atoms with Crippen LogP contribution in [0.4, 0.5) is 0 Å². The van der Waals surface area contributed by atoms with E-state index in [1.165, 1.54) is 0 Å². The van der Waals surface area contributed by atoms with Gasteiger partial charge >= 0.3 is 11.9 Å². The number of esters is 2. The van der Waals surface area contributed by atoms with E-state index in [-0.39, 0.29) is 11.9 Å². The van der Waals surface area contributed by atoms with Gasteiger partial charge in [-0.05, 0) is 60.2 Å². The first-order chi connectivity index (χ1) is 16.3. The molecular formula is C30H30O4. The van der Waals surface area contributed by atoms with Crippen molar-refractivity contribution in [1.29, 1.82) is 0 Å². The molecular weight excluding hydrogens is 424 g/mol. The van der Waals surface area contributed by atoms with Crippen molar-refractivity contribution in [2.75, 3.05) is 6.61 Å². The Balaban J connectivity index is 1.67. The monoisotopic (exact) mass is 454 g/mol. The highest BCUT2D eigenvalue weighted by Crippen LogP contribution is 2.28. The number of carbonyl (C=O) groups excluding carboxylic acids is 2. The van der Waals surface area contributed by atoms with Crippen LogP contribution >= 0.6 is 0 Å². The van der Waals surface area contributed by atoms with Gasteiger partial charge in [0.15, 0.2) is 0 Å². The topological polar surface area (TPSA) is 52.6 Å². The van der Waals surface area contributed by atoms with Crippen molar-refractivity contribution < 1.29 is 19.1 Å². The van der Waals surface area contributed by atoms with E-state index in [0.29, 0.717) is 23.5 Å². The summed E-state index contributed by atoms with van der Waals surface area (Å²) in [4.78, 5) is 23.4. The Morgan fingerprint density at radius 3 is 1.53 bits per heavy atom. The van der Waals surface area contributed by atoms with Gasteiger partial charge in [-0.3, -0.25) is 0 Å². The molecule has 0 aromatic heterocycles. The van der Waals surface area contributed by atoms with Crippen LogP contribution in [0.2, 0.25) is 0 Å². The van der Waals surface area contributed by atoms with E-state index in [2.05, 4.69) is 68.6 Å². The minimum atomic E-state index is -0.429. The highest BCUT2D eigenvalue weighted by atomic mass is 16.5. The van der Waals surface area contributed by atoms with Crippen molar-refractivity contribution >= 4 is 11.9 Å². The molecule has 0 N–H and O–H groups in total. The zero-order valence-corrected chi connectivity index (χ0v) is 20.0. The molecule has 3 aromatic carbocycles. The molecule has 0 spiro atoms. The first-order valence-electron chi connectivity index (χ1n) is 11.3. The third-order valence-corrected chi connectivity index (χ3v) is 5.60. The average Bonchev–Trinajstić information content (AvgIpc) is 2.85. The van der Waals surface area contributed by atoms with E-state index in [4.69, 9.17) is 9.47 Å². The lowest BCUT2D eigenvalue weighted by atomic mass is 9.94. The molecule has 0 amide bonds. The second kappa shape index (κ2) is 11.3. The summed E-state index contributed by atoms with van der Waals surface area (Å²) in [6, 6.07) is 24.1. The van der Waals surface area contributed by atoms with Crippen LogP contribution in [0.5, 0.6) is 5.75 Å². The maximum absolute atomic E-state index is 11.7. The van der Waals surface area contributed by atoms with Gasteiger partial charge in [-0.1, -0.05) is 80.7 Å². The lowest BCUT2D eigenvalue weighted by Gasteiger charge is -2.16. The van der Waals surface area contributed by atoms with Crippen LogP contribution in [-0.4, -0.2) is 18.5 Å². The fourth-order valence-corrected chi connectivity index (χ4v) is 3.46. The largest absolute Gasteiger partial charge is 0.462 e. The number of rotatable bonds is 9. The van der Waals surface area contributed by atoms with Crippen LogP contribution in [0.1, 0.15) is 38.7 Å². The number of benzene rings is 3. The zero-order valence-electron chi connectivity index (χ0n) is 20.0. The van der Waals surface area contributed by atoms with Gasteiger partial charge in [0.05, 0.1) is 6.61 Å². The standard InChI is InChI=1S/C30H30O4/c1-6-22(19-33-29(31)20(2)3)23-7-9-24(10-8-23)25-11-13-26(14-12-25)27-15-17-28(18-16-27)34-30(32)21(4)5/h7-18,22H,2,4,6,19H2,1,3,5H3. The maximum Gasteiger partial charge on any atom is 0.338 e. The van der Waals surface area contributed by atoms with E-state index >= 15 is 0 Å². The highest BCUT2D eigenvalue weighted by Gasteiger charge is 2.13. The molecule has 3 aromatic rings. The molecule has 0 fully saturated rings. The molecule has 0 saturated carbocycles. The van der Waals surface area contributed by atoms with Crippen LogP contribution in [0.15, 0.2) is 97.1 Å².